The fourth-order valence-corrected chi connectivity index (χ4v) is 4.10. The Morgan fingerprint density at radius 3 is 2.47 bits per heavy atom. The number of rotatable bonds is 6. The molecule has 0 radical (unpaired) electrons. The Morgan fingerprint density at radius 2 is 1.84 bits per heavy atom. The zero-order valence-corrected chi connectivity index (χ0v) is 13.3. The lowest BCUT2D eigenvalue weighted by Crippen LogP contribution is -2.38. The molecule has 0 spiro atoms. The first-order valence-electron chi connectivity index (χ1n) is 8.66. The maximum absolute atomic E-state index is 3.69. The summed E-state index contributed by atoms with van der Waals surface area (Å²) in [4.78, 5) is 2.72. The predicted octanol–water partition coefficient (Wildman–Crippen LogP) is 3.52. The summed E-state index contributed by atoms with van der Waals surface area (Å²) in [5, 5.41) is 3.69. The summed E-state index contributed by atoms with van der Waals surface area (Å²) in [5.74, 6) is 2.81. The van der Waals surface area contributed by atoms with Gasteiger partial charge in [0.2, 0.25) is 0 Å². The number of nitrogens with zero attached hydrogens (tertiary/aromatic N) is 1. The molecular weight excluding hydrogens is 232 g/mol. The van der Waals surface area contributed by atoms with E-state index in [1.54, 1.807) is 0 Å². The number of hydrogen-bond acceptors (Lipinski definition) is 2. The molecule has 19 heavy (non-hydrogen) atoms. The van der Waals surface area contributed by atoms with Crippen molar-refractivity contribution >= 4 is 0 Å². The van der Waals surface area contributed by atoms with Crippen LogP contribution in [0.4, 0.5) is 0 Å². The molecule has 2 aliphatic rings. The van der Waals surface area contributed by atoms with Crippen molar-refractivity contribution in [1.82, 2.24) is 10.2 Å². The molecule has 1 saturated carbocycles. The van der Waals surface area contributed by atoms with Crippen LogP contribution in [-0.4, -0.2) is 37.1 Å². The Morgan fingerprint density at radius 1 is 1.11 bits per heavy atom. The van der Waals surface area contributed by atoms with E-state index in [-0.39, 0.29) is 0 Å². The Kier molecular flexibility index (Phi) is 6.15. The van der Waals surface area contributed by atoms with E-state index in [1.165, 1.54) is 58.2 Å². The number of piperidine rings is 1. The second-order valence-corrected chi connectivity index (χ2v) is 7.07. The second kappa shape index (κ2) is 7.64. The van der Waals surface area contributed by atoms with Crippen LogP contribution in [0.15, 0.2) is 0 Å². The van der Waals surface area contributed by atoms with E-state index in [1.807, 2.05) is 0 Å². The Hall–Kier alpha value is -0.0800. The minimum absolute atomic E-state index is 0.818. The van der Waals surface area contributed by atoms with Gasteiger partial charge in [0.25, 0.3) is 0 Å². The van der Waals surface area contributed by atoms with E-state index in [9.17, 15) is 0 Å². The van der Waals surface area contributed by atoms with E-state index in [4.69, 9.17) is 0 Å². The first-order chi connectivity index (χ1) is 9.20. The van der Waals surface area contributed by atoms with E-state index in [2.05, 4.69) is 31.0 Å². The summed E-state index contributed by atoms with van der Waals surface area (Å²) in [6.07, 6.45) is 8.59. The van der Waals surface area contributed by atoms with E-state index < -0.39 is 0 Å². The standard InChI is InChI=1S/C17H34N2/c1-4-18-17-7-5-6-16(17)10-13-19-11-8-15(9-12-19)14(2)3/h14-18H,4-13H2,1-3H3. The highest BCUT2D eigenvalue weighted by Crippen LogP contribution is 2.30. The molecule has 112 valence electrons. The van der Waals surface area contributed by atoms with Crippen LogP contribution >= 0.6 is 0 Å². The highest BCUT2D eigenvalue weighted by Gasteiger charge is 2.27. The van der Waals surface area contributed by atoms with Crippen LogP contribution < -0.4 is 5.32 Å². The van der Waals surface area contributed by atoms with Crippen molar-refractivity contribution in [3.63, 3.8) is 0 Å². The van der Waals surface area contributed by atoms with Crippen molar-refractivity contribution in [2.45, 2.75) is 65.3 Å². The molecule has 0 bridgehead atoms. The van der Waals surface area contributed by atoms with Crippen LogP contribution in [0, 0.1) is 17.8 Å². The smallest absolute Gasteiger partial charge is 0.00956 e. The molecule has 0 aromatic rings. The van der Waals surface area contributed by atoms with Crippen LogP contribution in [0.25, 0.3) is 0 Å². The van der Waals surface area contributed by atoms with Crippen LogP contribution in [-0.2, 0) is 0 Å². The van der Waals surface area contributed by atoms with Gasteiger partial charge >= 0.3 is 0 Å². The van der Waals surface area contributed by atoms with Gasteiger partial charge in [-0.2, -0.15) is 0 Å². The fourth-order valence-electron chi connectivity index (χ4n) is 4.10. The third-order valence-electron chi connectivity index (χ3n) is 5.52. The van der Waals surface area contributed by atoms with Crippen molar-refractivity contribution in [2.75, 3.05) is 26.2 Å². The zero-order valence-electron chi connectivity index (χ0n) is 13.3. The number of nitrogens with one attached hydrogen (secondary N) is 1. The highest BCUT2D eigenvalue weighted by molar-refractivity contribution is 4.84. The van der Waals surface area contributed by atoms with Gasteiger partial charge in [-0.3, -0.25) is 0 Å². The van der Waals surface area contributed by atoms with Crippen LogP contribution in [0.3, 0.4) is 0 Å². The minimum Gasteiger partial charge on any atom is -0.314 e. The topological polar surface area (TPSA) is 15.3 Å². The molecule has 1 N–H and O–H groups in total. The van der Waals surface area contributed by atoms with Gasteiger partial charge in [-0.15, -0.1) is 0 Å². The van der Waals surface area contributed by atoms with Crippen molar-refractivity contribution in [3.05, 3.63) is 0 Å². The second-order valence-electron chi connectivity index (χ2n) is 7.07. The van der Waals surface area contributed by atoms with Gasteiger partial charge in [0, 0.05) is 6.04 Å². The van der Waals surface area contributed by atoms with Crippen LogP contribution in [0.2, 0.25) is 0 Å². The molecule has 1 heterocycles. The number of likely N-dealkylation sites (tertiary alicyclic amines) is 1. The van der Waals surface area contributed by atoms with Crippen LogP contribution in [0.5, 0.6) is 0 Å². The Balaban J connectivity index is 1.66. The van der Waals surface area contributed by atoms with Gasteiger partial charge < -0.3 is 10.2 Å². The molecule has 0 amide bonds. The normalized spacial score (nSPS) is 30.3. The summed E-state index contributed by atoms with van der Waals surface area (Å²) < 4.78 is 0. The quantitative estimate of drug-likeness (QED) is 0.791. The molecule has 2 rings (SSSR count). The average molecular weight is 266 g/mol. The van der Waals surface area contributed by atoms with Crippen LogP contribution in [0.1, 0.15) is 59.3 Å². The molecule has 0 aromatic carbocycles. The summed E-state index contributed by atoms with van der Waals surface area (Å²) in [5.41, 5.74) is 0. The molecule has 2 atom stereocenters. The molecule has 1 saturated heterocycles. The monoisotopic (exact) mass is 266 g/mol. The molecule has 1 aliphatic heterocycles. The van der Waals surface area contributed by atoms with Gasteiger partial charge in [-0.25, -0.2) is 0 Å². The van der Waals surface area contributed by atoms with Gasteiger partial charge in [0.1, 0.15) is 0 Å². The zero-order chi connectivity index (χ0) is 13.7. The lowest BCUT2D eigenvalue weighted by atomic mass is 9.86. The molecule has 2 heteroatoms. The summed E-state index contributed by atoms with van der Waals surface area (Å²) in [6, 6.07) is 0.818. The van der Waals surface area contributed by atoms with E-state index in [0.717, 1.165) is 30.3 Å². The predicted molar refractivity (Wildman–Crippen MR) is 83.4 cm³/mol. The van der Waals surface area contributed by atoms with Crippen molar-refractivity contribution in [2.24, 2.45) is 17.8 Å². The van der Waals surface area contributed by atoms with Gasteiger partial charge in [-0.05, 0) is 76.0 Å². The maximum Gasteiger partial charge on any atom is 0.00956 e. The largest absolute Gasteiger partial charge is 0.314 e. The van der Waals surface area contributed by atoms with Crippen molar-refractivity contribution in [3.8, 4) is 0 Å². The molecule has 1 aliphatic carbocycles. The molecule has 0 aromatic heterocycles. The van der Waals surface area contributed by atoms with Gasteiger partial charge in [0.15, 0.2) is 0 Å². The third-order valence-corrected chi connectivity index (χ3v) is 5.52. The van der Waals surface area contributed by atoms with Crippen molar-refractivity contribution in [1.29, 1.82) is 0 Å². The third kappa shape index (κ3) is 4.46. The van der Waals surface area contributed by atoms with E-state index >= 15 is 0 Å². The van der Waals surface area contributed by atoms with Gasteiger partial charge in [-0.1, -0.05) is 27.2 Å². The summed E-state index contributed by atoms with van der Waals surface area (Å²) in [7, 11) is 0. The number of hydrogen-bond donors (Lipinski definition) is 1. The lowest BCUT2D eigenvalue weighted by Gasteiger charge is -2.34. The maximum atomic E-state index is 3.69. The van der Waals surface area contributed by atoms with Gasteiger partial charge in [0.05, 0.1) is 0 Å². The summed E-state index contributed by atoms with van der Waals surface area (Å²) >= 11 is 0. The van der Waals surface area contributed by atoms with E-state index in [0.29, 0.717) is 0 Å². The molecule has 2 unspecified atom stereocenters. The lowest BCUT2D eigenvalue weighted by molar-refractivity contribution is 0.148. The Labute approximate surface area is 120 Å². The Bertz CT molecular complexity index is 244. The average Bonchev–Trinajstić information content (AvgIpc) is 2.85. The first kappa shape index (κ1) is 15.3. The molecule has 2 nitrogen and oxygen atoms in total. The fraction of sp³-hybridized carbons (Fsp3) is 1.00. The SMILES string of the molecule is CCNC1CCCC1CCN1CCC(C(C)C)CC1. The molecule has 2 fully saturated rings. The molecular formula is C17H34N2. The summed E-state index contributed by atoms with van der Waals surface area (Å²) in [6.45, 7) is 12.2. The highest BCUT2D eigenvalue weighted by atomic mass is 15.1. The minimum atomic E-state index is 0.818. The first-order valence-corrected chi connectivity index (χ1v) is 8.66. The van der Waals surface area contributed by atoms with Crippen molar-refractivity contribution < 1.29 is 0 Å².